The fraction of sp³-hybridized carbons (Fsp3) is 0.211. The minimum absolute atomic E-state index is 0.171. The van der Waals surface area contributed by atoms with Crippen molar-refractivity contribution >= 4 is 11.9 Å². The zero-order valence-electron chi connectivity index (χ0n) is 13.4. The number of benzene rings is 2. The quantitative estimate of drug-likeness (QED) is 0.829. The van der Waals surface area contributed by atoms with E-state index in [0.717, 1.165) is 5.56 Å². The van der Waals surface area contributed by atoms with Crippen molar-refractivity contribution in [3.8, 4) is 6.07 Å². The van der Waals surface area contributed by atoms with Gasteiger partial charge < -0.3 is 10.1 Å². The van der Waals surface area contributed by atoms with Crippen molar-refractivity contribution in [3.63, 3.8) is 0 Å². The first-order valence-electron chi connectivity index (χ1n) is 7.59. The van der Waals surface area contributed by atoms with Gasteiger partial charge in [-0.3, -0.25) is 4.79 Å². The predicted molar refractivity (Wildman–Crippen MR) is 89.3 cm³/mol. The van der Waals surface area contributed by atoms with Crippen molar-refractivity contribution in [2.24, 2.45) is 0 Å². The largest absolute Gasteiger partial charge is 0.452 e. The zero-order chi connectivity index (χ0) is 17.4. The number of nitrogens with one attached hydrogen (secondary N) is 1. The summed E-state index contributed by atoms with van der Waals surface area (Å²) in [5.74, 6) is -0.769. The maximum Gasteiger partial charge on any atom is 0.338 e. The molecule has 0 spiro atoms. The zero-order valence-corrected chi connectivity index (χ0v) is 13.4. The van der Waals surface area contributed by atoms with Crippen LogP contribution in [0.4, 0.5) is 0 Å². The minimum atomic E-state index is -0.592. The lowest BCUT2D eigenvalue weighted by Gasteiger charge is -2.13. The number of carbonyl (C=O) groups is 2. The highest BCUT2D eigenvalue weighted by Crippen LogP contribution is 2.12. The lowest BCUT2D eigenvalue weighted by Crippen LogP contribution is -2.31. The van der Waals surface area contributed by atoms with Gasteiger partial charge in [-0.05, 0) is 35.7 Å². The van der Waals surface area contributed by atoms with Gasteiger partial charge in [-0.2, -0.15) is 5.26 Å². The molecule has 2 aromatic carbocycles. The SMILES string of the molecule is C[C@H](CNC(=O)COC(=O)c1ccc(C#N)cc1)c1ccccc1. The molecule has 0 fully saturated rings. The van der Waals surface area contributed by atoms with Gasteiger partial charge in [0.25, 0.3) is 5.91 Å². The minimum Gasteiger partial charge on any atom is -0.452 e. The van der Waals surface area contributed by atoms with Crippen LogP contribution in [0.3, 0.4) is 0 Å². The van der Waals surface area contributed by atoms with Crippen molar-refractivity contribution in [1.29, 1.82) is 5.26 Å². The van der Waals surface area contributed by atoms with Crippen molar-refractivity contribution in [2.45, 2.75) is 12.8 Å². The van der Waals surface area contributed by atoms with Crippen LogP contribution >= 0.6 is 0 Å². The van der Waals surface area contributed by atoms with Crippen LogP contribution in [0, 0.1) is 11.3 Å². The average molecular weight is 322 g/mol. The summed E-state index contributed by atoms with van der Waals surface area (Å²) < 4.78 is 4.97. The van der Waals surface area contributed by atoms with Gasteiger partial charge in [0.2, 0.25) is 0 Å². The predicted octanol–water partition coefficient (Wildman–Crippen LogP) is 2.63. The molecule has 1 atom stereocenters. The highest BCUT2D eigenvalue weighted by molar-refractivity contribution is 5.91. The van der Waals surface area contributed by atoms with E-state index in [0.29, 0.717) is 17.7 Å². The molecule has 1 amide bonds. The molecule has 0 aliphatic heterocycles. The fourth-order valence-electron chi connectivity index (χ4n) is 2.11. The molecule has 0 heterocycles. The monoisotopic (exact) mass is 322 g/mol. The first-order chi connectivity index (χ1) is 11.6. The highest BCUT2D eigenvalue weighted by Gasteiger charge is 2.11. The smallest absolute Gasteiger partial charge is 0.338 e. The van der Waals surface area contributed by atoms with E-state index < -0.39 is 5.97 Å². The molecule has 0 bridgehead atoms. The molecule has 0 saturated carbocycles. The van der Waals surface area contributed by atoms with E-state index in [1.54, 1.807) is 0 Å². The summed E-state index contributed by atoms with van der Waals surface area (Å²) in [6.45, 7) is 2.15. The Morgan fingerprint density at radius 1 is 1.12 bits per heavy atom. The van der Waals surface area contributed by atoms with Gasteiger partial charge in [0.05, 0.1) is 17.2 Å². The summed E-state index contributed by atoms with van der Waals surface area (Å²) in [5, 5.41) is 11.5. The fourth-order valence-corrected chi connectivity index (χ4v) is 2.11. The molecule has 0 unspecified atom stereocenters. The maximum absolute atomic E-state index is 11.8. The van der Waals surface area contributed by atoms with Crippen molar-refractivity contribution in [2.75, 3.05) is 13.2 Å². The second-order valence-electron chi connectivity index (χ2n) is 5.38. The molecule has 0 radical (unpaired) electrons. The Bertz CT molecular complexity index is 733. The Balaban J connectivity index is 1.76. The molecule has 2 aromatic rings. The number of carbonyl (C=O) groups excluding carboxylic acids is 2. The third kappa shape index (κ3) is 4.96. The molecule has 1 N–H and O–H groups in total. The first-order valence-corrected chi connectivity index (χ1v) is 7.59. The molecule has 5 heteroatoms. The van der Waals surface area contributed by atoms with E-state index in [9.17, 15) is 9.59 Å². The third-order valence-electron chi connectivity index (χ3n) is 3.56. The molecule has 122 valence electrons. The molecule has 0 aliphatic carbocycles. The maximum atomic E-state index is 11.8. The van der Waals surface area contributed by atoms with Gasteiger partial charge in [-0.25, -0.2) is 4.79 Å². The number of esters is 1. The third-order valence-corrected chi connectivity index (χ3v) is 3.56. The van der Waals surface area contributed by atoms with Gasteiger partial charge in [-0.15, -0.1) is 0 Å². The van der Waals surface area contributed by atoms with Gasteiger partial charge in [-0.1, -0.05) is 37.3 Å². The second kappa shape index (κ2) is 8.49. The van der Waals surface area contributed by atoms with Crippen LogP contribution in [-0.2, 0) is 9.53 Å². The van der Waals surface area contributed by atoms with E-state index in [1.807, 2.05) is 43.3 Å². The van der Waals surface area contributed by atoms with Gasteiger partial charge in [0.15, 0.2) is 6.61 Å². The van der Waals surface area contributed by atoms with Gasteiger partial charge >= 0.3 is 5.97 Å². The van der Waals surface area contributed by atoms with E-state index in [2.05, 4.69) is 5.32 Å². The van der Waals surface area contributed by atoms with E-state index in [-0.39, 0.29) is 18.4 Å². The lowest BCUT2D eigenvalue weighted by atomic mass is 10.0. The van der Waals surface area contributed by atoms with Crippen LogP contribution in [-0.4, -0.2) is 25.0 Å². The molecule has 24 heavy (non-hydrogen) atoms. The van der Waals surface area contributed by atoms with Gasteiger partial charge in [0, 0.05) is 6.54 Å². The molecule has 0 aliphatic rings. The highest BCUT2D eigenvalue weighted by atomic mass is 16.5. The number of amides is 1. The Kier molecular flexibility index (Phi) is 6.09. The molecule has 0 saturated heterocycles. The number of hydrogen-bond acceptors (Lipinski definition) is 4. The van der Waals surface area contributed by atoms with Crippen LogP contribution in [0.5, 0.6) is 0 Å². The topological polar surface area (TPSA) is 79.2 Å². The number of hydrogen-bond donors (Lipinski definition) is 1. The Labute approximate surface area is 140 Å². The summed E-state index contributed by atoms with van der Waals surface area (Å²) in [4.78, 5) is 23.6. The molecule has 5 nitrogen and oxygen atoms in total. The van der Waals surface area contributed by atoms with Crippen LogP contribution < -0.4 is 5.32 Å². The first kappa shape index (κ1) is 17.2. The van der Waals surface area contributed by atoms with Crippen molar-refractivity contribution in [1.82, 2.24) is 5.32 Å². The van der Waals surface area contributed by atoms with Crippen molar-refractivity contribution in [3.05, 3.63) is 71.3 Å². The normalized spacial score (nSPS) is 11.2. The molecular weight excluding hydrogens is 304 g/mol. The van der Waals surface area contributed by atoms with E-state index in [1.165, 1.54) is 24.3 Å². The number of nitrogens with zero attached hydrogens (tertiary/aromatic N) is 1. The van der Waals surface area contributed by atoms with Crippen molar-refractivity contribution < 1.29 is 14.3 Å². The van der Waals surface area contributed by atoms with Crippen LogP contribution in [0.15, 0.2) is 54.6 Å². The number of rotatable bonds is 6. The summed E-state index contributed by atoms with van der Waals surface area (Å²) in [6, 6.07) is 17.9. The van der Waals surface area contributed by atoms with Crippen LogP contribution in [0.2, 0.25) is 0 Å². The van der Waals surface area contributed by atoms with E-state index in [4.69, 9.17) is 10.00 Å². The molecular formula is C19H18N2O3. The van der Waals surface area contributed by atoms with Gasteiger partial charge in [0.1, 0.15) is 0 Å². The molecule has 2 rings (SSSR count). The number of ether oxygens (including phenoxy) is 1. The summed E-state index contributed by atoms with van der Waals surface area (Å²) >= 11 is 0. The summed E-state index contributed by atoms with van der Waals surface area (Å²) in [7, 11) is 0. The number of nitriles is 1. The lowest BCUT2D eigenvalue weighted by molar-refractivity contribution is -0.124. The second-order valence-corrected chi connectivity index (χ2v) is 5.38. The Hall–Kier alpha value is -3.13. The summed E-state index contributed by atoms with van der Waals surface area (Å²) in [5.41, 5.74) is 1.89. The standard InChI is InChI=1S/C19H18N2O3/c1-14(16-5-3-2-4-6-16)12-21-18(22)13-24-19(23)17-9-7-15(11-20)8-10-17/h2-10,14H,12-13H2,1H3,(H,21,22)/t14-/m1/s1. The van der Waals surface area contributed by atoms with Crippen LogP contribution in [0.1, 0.15) is 34.3 Å². The van der Waals surface area contributed by atoms with Crippen LogP contribution in [0.25, 0.3) is 0 Å². The Morgan fingerprint density at radius 2 is 1.79 bits per heavy atom. The summed E-state index contributed by atoms with van der Waals surface area (Å²) in [6.07, 6.45) is 0. The Morgan fingerprint density at radius 3 is 2.42 bits per heavy atom. The van der Waals surface area contributed by atoms with E-state index >= 15 is 0 Å². The average Bonchev–Trinajstić information content (AvgIpc) is 2.64. The molecule has 0 aromatic heterocycles.